The first-order chi connectivity index (χ1) is 10.1. The molecule has 0 saturated carbocycles. The first-order valence-electron chi connectivity index (χ1n) is 7.33. The zero-order valence-corrected chi connectivity index (χ0v) is 14.5. The second-order valence-corrected chi connectivity index (χ2v) is 6.10. The summed E-state index contributed by atoms with van der Waals surface area (Å²) in [5.41, 5.74) is 3.68. The maximum absolute atomic E-state index is 6.15. The number of piperazine rings is 1. The predicted molar refractivity (Wildman–Crippen MR) is 92.7 cm³/mol. The van der Waals surface area contributed by atoms with Gasteiger partial charge in [0.1, 0.15) is 0 Å². The summed E-state index contributed by atoms with van der Waals surface area (Å²) in [5, 5.41) is 8.73. The lowest BCUT2D eigenvalue weighted by molar-refractivity contribution is 0.153. The minimum Gasteiger partial charge on any atom is -0.314 e. The van der Waals surface area contributed by atoms with Crippen LogP contribution in [0.25, 0.3) is 0 Å². The van der Waals surface area contributed by atoms with Gasteiger partial charge >= 0.3 is 0 Å². The normalized spacial score (nSPS) is 19.0. The molecule has 1 aromatic carbocycles. The lowest BCUT2D eigenvalue weighted by Gasteiger charge is -2.36. The molecule has 1 unspecified atom stereocenters. The number of aromatic nitrogens is 2. The summed E-state index contributed by atoms with van der Waals surface area (Å²) in [6.07, 6.45) is 2.12. The highest BCUT2D eigenvalue weighted by Gasteiger charge is 2.24. The van der Waals surface area contributed by atoms with Gasteiger partial charge in [0.05, 0.1) is 5.69 Å². The molecule has 4 nitrogen and oxygen atoms in total. The molecule has 2 heterocycles. The van der Waals surface area contributed by atoms with E-state index >= 15 is 0 Å². The standard InChI is InChI=1S/C16H21ClN4.ClH/c1-12-14(10-20(2)19-12)11-21-7-6-18-9-16(21)13-4-3-5-15(17)8-13;/h3-5,8,10,16,18H,6-7,9,11H2,1-2H3;1H. The third-order valence-corrected chi connectivity index (χ3v) is 4.31. The average Bonchev–Trinajstić information content (AvgIpc) is 2.77. The van der Waals surface area contributed by atoms with Crippen LogP contribution in [0.3, 0.4) is 0 Å². The minimum absolute atomic E-state index is 0. The van der Waals surface area contributed by atoms with E-state index in [2.05, 4.69) is 40.6 Å². The lowest BCUT2D eigenvalue weighted by atomic mass is 10.0. The monoisotopic (exact) mass is 340 g/mol. The number of rotatable bonds is 3. The highest BCUT2D eigenvalue weighted by Crippen LogP contribution is 2.26. The number of hydrogen-bond donors (Lipinski definition) is 1. The summed E-state index contributed by atoms with van der Waals surface area (Å²) in [7, 11) is 1.97. The first-order valence-corrected chi connectivity index (χ1v) is 7.70. The molecule has 120 valence electrons. The van der Waals surface area contributed by atoms with Crippen LogP contribution in [0.15, 0.2) is 30.5 Å². The van der Waals surface area contributed by atoms with Crippen LogP contribution < -0.4 is 5.32 Å². The van der Waals surface area contributed by atoms with Gasteiger partial charge in [-0.15, -0.1) is 12.4 Å². The maximum Gasteiger partial charge on any atom is 0.0638 e. The van der Waals surface area contributed by atoms with Crippen LogP contribution in [0.2, 0.25) is 5.02 Å². The Balaban J connectivity index is 0.00000176. The number of hydrogen-bond acceptors (Lipinski definition) is 3. The molecule has 1 aliphatic heterocycles. The van der Waals surface area contributed by atoms with Gasteiger partial charge in [0.2, 0.25) is 0 Å². The topological polar surface area (TPSA) is 33.1 Å². The van der Waals surface area contributed by atoms with Gasteiger partial charge < -0.3 is 5.32 Å². The highest BCUT2D eigenvalue weighted by atomic mass is 35.5. The Bertz CT molecular complexity index is 626. The van der Waals surface area contributed by atoms with Crippen molar-refractivity contribution in [1.82, 2.24) is 20.0 Å². The van der Waals surface area contributed by atoms with Crippen molar-refractivity contribution in [3.63, 3.8) is 0 Å². The molecule has 0 aliphatic carbocycles. The molecule has 1 aromatic heterocycles. The molecular formula is C16H22Cl2N4. The Kier molecular flexibility index (Phi) is 5.87. The number of nitrogens with one attached hydrogen (secondary N) is 1. The summed E-state index contributed by atoms with van der Waals surface area (Å²) in [4.78, 5) is 2.51. The van der Waals surface area contributed by atoms with Crippen molar-refractivity contribution < 1.29 is 0 Å². The summed E-state index contributed by atoms with van der Waals surface area (Å²) >= 11 is 6.15. The van der Waals surface area contributed by atoms with E-state index in [1.807, 2.05) is 23.9 Å². The minimum atomic E-state index is 0. The first kappa shape index (κ1) is 17.3. The molecule has 1 N–H and O–H groups in total. The van der Waals surface area contributed by atoms with Gasteiger partial charge in [0, 0.05) is 56.1 Å². The fourth-order valence-corrected chi connectivity index (χ4v) is 3.20. The molecule has 6 heteroatoms. The quantitative estimate of drug-likeness (QED) is 0.932. The highest BCUT2D eigenvalue weighted by molar-refractivity contribution is 6.30. The molecule has 1 saturated heterocycles. The van der Waals surface area contributed by atoms with E-state index in [9.17, 15) is 0 Å². The summed E-state index contributed by atoms with van der Waals surface area (Å²) in [5.74, 6) is 0. The van der Waals surface area contributed by atoms with Gasteiger partial charge in [0.15, 0.2) is 0 Å². The van der Waals surface area contributed by atoms with Crippen LogP contribution in [-0.2, 0) is 13.6 Å². The molecule has 2 aromatic rings. The molecule has 1 aliphatic rings. The largest absolute Gasteiger partial charge is 0.314 e. The Morgan fingerprint density at radius 1 is 1.41 bits per heavy atom. The van der Waals surface area contributed by atoms with Crippen LogP contribution in [0.4, 0.5) is 0 Å². The van der Waals surface area contributed by atoms with E-state index in [-0.39, 0.29) is 12.4 Å². The summed E-state index contributed by atoms with van der Waals surface area (Å²) < 4.78 is 1.89. The summed E-state index contributed by atoms with van der Waals surface area (Å²) in [6.45, 7) is 6.02. The van der Waals surface area contributed by atoms with Crippen LogP contribution in [0, 0.1) is 6.92 Å². The zero-order chi connectivity index (χ0) is 14.8. The summed E-state index contributed by atoms with van der Waals surface area (Å²) in [6, 6.07) is 8.54. The van der Waals surface area contributed by atoms with Crippen LogP contribution in [0.5, 0.6) is 0 Å². The van der Waals surface area contributed by atoms with E-state index in [1.54, 1.807) is 0 Å². The molecular weight excluding hydrogens is 319 g/mol. The van der Waals surface area contributed by atoms with E-state index in [0.717, 1.165) is 36.9 Å². The van der Waals surface area contributed by atoms with Gasteiger partial charge in [-0.3, -0.25) is 9.58 Å². The van der Waals surface area contributed by atoms with E-state index in [1.165, 1.54) is 11.1 Å². The van der Waals surface area contributed by atoms with Crippen molar-refractivity contribution >= 4 is 24.0 Å². The molecule has 0 radical (unpaired) electrons. The third kappa shape index (κ3) is 3.82. The van der Waals surface area contributed by atoms with Crippen molar-refractivity contribution in [1.29, 1.82) is 0 Å². The van der Waals surface area contributed by atoms with Crippen molar-refractivity contribution in [3.05, 3.63) is 52.3 Å². The van der Waals surface area contributed by atoms with Gasteiger partial charge in [-0.25, -0.2) is 0 Å². The SMILES string of the molecule is Cc1nn(C)cc1CN1CCNCC1c1cccc(Cl)c1.Cl. The van der Waals surface area contributed by atoms with Crippen molar-refractivity contribution in [2.24, 2.45) is 7.05 Å². The number of halogens is 2. The molecule has 0 amide bonds. The zero-order valence-electron chi connectivity index (χ0n) is 12.9. The molecule has 0 spiro atoms. The van der Waals surface area contributed by atoms with Gasteiger partial charge in [-0.1, -0.05) is 23.7 Å². The van der Waals surface area contributed by atoms with Crippen LogP contribution in [-0.4, -0.2) is 34.3 Å². The van der Waals surface area contributed by atoms with E-state index in [4.69, 9.17) is 11.6 Å². The number of aryl methyl sites for hydroxylation is 2. The molecule has 22 heavy (non-hydrogen) atoms. The van der Waals surface area contributed by atoms with Crippen LogP contribution in [0.1, 0.15) is 22.9 Å². The average molecular weight is 341 g/mol. The maximum atomic E-state index is 6.15. The predicted octanol–water partition coefficient (Wildman–Crippen LogP) is 2.95. The van der Waals surface area contributed by atoms with Gasteiger partial charge in [0.25, 0.3) is 0 Å². The molecule has 3 rings (SSSR count). The third-order valence-electron chi connectivity index (χ3n) is 4.08. The van der Waals surface area contributed by atoms with Crippen molar-refractivity contribution in [2.45, 2.75) is 19.5 Å². The lowest BCUT2D eigenvalue weighted by Crippen LogP contribution is -2.45. The van der Waals surface area contributed by atoms with Crippen molar-refractivity contribution in [3.8, 4) is 0 Å². The van der Waals surface area contributed by atoms with Gasteiger partial charge in [-0.05, 0) is 24.6 Å². The Hall–Kier alpha value is -1.07. The second kappa shape index (κ2) is 7.47. The molecule has 1 atom stereocenters. The Labute approximate surface area is 142 Å². The van der Waals surface area contributed by atoms with Crippen molar-refractivity contribution in [2.75, 3.05) is 19.6 Å². The molecule has 0 bridgehead atoms. The second-order valence-electron chi connectivity index (χ2n) is 5.66. The van der Waals surface area contributed by atoms with Gasteiger partial charge in [-0.2, -0.15) is 5.10 Å². The smallest absolute Gasteiger partial charge is 0.0638 e. The number of benzene rings is 1. The fourth-order valence-electron chi connectivity index (χ4n) is 3.00. The van der Waals surface area contributed by atoms with E-state index < -0.39 is 0 Å². The van der Waals surface area contributed by atoms with E-state index in [0.29, 0.717) is 6.04 Å². The number of nitrogens with zero attached hydrogens (tertiary/aromatic N) is 3. The Morgan fingerprint density at radius 3 is 2.91 bits per heavy atom. The van der Waals surface area contributed by atoms with Crippen LogP contribution >= 0.6 is 24.0 Å². The fraction of sp³-hybridized carbons (Fsp3) is 0.438. The molecule has 1 fully saturated rings. The Morgan fingerprint density at radius 2 is 2.23 bits per heavy atom.